The number of benzene rings is 2. The molecule has 0 saturated carbocycles. The molecule has 2 aromatic carbocycles. The quantitative estimate of drug-likeness (QED) is 0.638. The van der Waals surface area contributed by atoms with E-state index in [9.17, 15) is 4.79 Å². The van der Waals surface area contributed by atoms with E-state index < -0.39 is 0 Å². The van der Waals surface area contributed by atoms with Crippen LogP contribution >= 0.6 is 23.1 Å². The van der Waals surface area contributed by atoms with Crippen LogP contribution in [0.1, 0.15) is 5.01 Å². The predicted molar refractivity (Wildman–Crippen MR) is 102 cm³/mol. The number of nitrogens with one attached hydrogen (secondary N) is 1. The summed E-state index contributed by atoms with van der Waals surface area (Å²) in [7, 11) is 0. The number of rotatable bonds is 7. The minimum atomic E-state index is -0.00832. The molecule has 0 saturated heterocycles. The SMILES string of the molecule is Cc1nc2cc(NC(=O)CSCCOc3ccccc3)ccc2s1. The molecule has 0 aliphatic rings. The van der Waals surface area contributed by atoms with E-state index in [0.717, 1.165) is 32.4 Å². The fourth-order valence-corrected chi connectivity index (χ4v) is 3.63. The molecule has 1 aromatic heterocycles. The van der Waals surface area contributed by atoms with Gasteiger partial charge in [0.25, 0.3) is 0 Å². The highest BCUT2D eigenvalue weighted by atomic mass is 32.2. The fraction of sp³-hybridized carbons (Fsp3) is 0.222. The summed E-state index contributed by atoms with van der Waals surface area (Å²) < 4.78 is 6.73. The normalized spacial score (nSPS) is 10.7. The van der Waals surface area contributed by atoms with Gasteiger partial charge < -0.3 is 10.1 Å². The highest BCUT2D eigenvalue weighted by Gasteiger charge is 2.06. The van der Waals surface area contributed by atoms with Crippen LogP contribution in [-0.2, 0) is 4.79 Å². The lowest BCUT2D eigenvalue weighted by atomic mass is 10.3. The van der Waals surface area contributed by atoms with Gasteiger partial charge in [0.1, 0.15) is 5.75 Å². The van der Waals surface area contributed by atoms with Crippen LogP contribution in [0.2, 0.25) is 0 Å². The Morgan fingerprint density at radius 3 is 2.92 bits per heavy atom. The van der Waals surface area contributed by atoms with E-state index in [1.165, 1.54) is 0 Å². The number of thioether (sulfide) groups is 1. The molecule has 3 rings (SSSR count). The third kappa shape index (κ3) is 4.72. The Hall–Kier alpha value is -2.05. The van der Waals surface area contributed by atoms with Gasteiger partial charge in [-0.15, -0.1) is 23.1 Å². The number of para-hydroxylation sites is 1. The molecule has 4 nitrogen and oxygen atoms in total. The average molecular weight is 358 g/mol. The molecule has 0 fully saturated rings. The minimum Gasteiger partial charge on any atom is -0.493 e. The lowest BCUT2D eigenvalue weighted by Crippen LogP contribution is -2.15. The van der Waals surface area contributed by atoms with Gasteiger partial charge in [-0.25, -0.2) is 4.98 Å². The molecule has 24 heavy (non-hydrogen) atoms. The number of carbonyl (C=O) groups excluding carboxylic acids is 1. The van der Waals surface area contributed by atoms with Gasteiger partial charge in [0, 0.05) is 11.4 Å². The highest BCUT2D eigenvalue weighted by Crippen LogP contribution is 2.24. The molecule has 0 atom stereocenters. The van der Waals surface area contributed by atoms with Gasteiger partial charge in [0.05, 0.1) is 27.6 Å². The number of aromatic nitrogens is 1. The molecule has 0 aliphatic carbocycles. The summed E-state index contributed by atoms with van der Waals surface area (Å²) in [5, 5.41) is 3.95. The number of hydrogen-bond donors (Lipinski definition) is 1. The van der Waals surface area contributed by atoms with Gasteiger partial charge in [0.2, 0.25) is 5.91 Å². The van der Waals surface area contributed by atoms with Crippen molar-refractivity contribution in [1.82, 2.24) is 4.98 Å². The number of amides is 1. The number of hydrogen-bond acceptors (Lipinski definition) is 5. The van der Waals surface area contributed by atoms with Crippen molar-refractivity contribution in [3.63, 3.8) is 0 Å². The average Bonchev–Trinajstić information content (AvgIpc) is 2.95. The van der Waals surface area contributed by atoms with E-state index >= 15 is 0 Å². The van der Waals surface area contributed by atoms with Crippen LogP contribution in [0, 0.1) is 6.92 Å². The molecule has 1 N–H and O–H groups in total. The van der Waals surface area contributed by atoms with Crippen molar-refractivity contribution in [1.29, 1.82) is 0 Å². The maximum absolute atomic E-state index is 12.0. The zero-order valence-corrected chi connectivity index (χ0v) is 15.0. The largest absolute Gasteiger partial charge is 0.493 e. The number of aryl methyl sites for hydroxylation is 1. The van der Waals surface area contributed by atoms with Crippen LogP contribution in [0.5, 0.6) is 5.75 Å². The summed E-state index contributed by atoms with van der Waals surface area (Å²) in [6, 6.07) is 15.5. The Balaban J connectivity index is 1.40. The Labute approximate surface area is 149 Å². The smallest absolute Gasteiger partial charge is 0.234 e. The third-order valence-electron chi connectivity index (χ3n) is 3.25. The molecule has 3 aromatic rings. The summed E-state index contributed by atoms with van der Waals surface area (Å²) in [4.78, 5) is 16.4. The second kappa shape index (κ2) is 8.17. The van der Waals surface area contributed by atoms with Gasteiger partial charge in [-0.1, -0.05) is 18.2 Å². The van der Waals surface area contributed by atoms with Crippen molar-refractivity contribution in [2.24, 2.45) is 0 Å². The van der Waals surface area contributed by atoms with Crippen molar-refractivity contribution < 1.29 is 9.53 Å². The number of fused-ring (bicyclic) bond motifs is 1. The molecule has 124 valence electrons. The number of carbonyl (C=O) groups is 1. The Bertz CT molecular complexity index is 818. The van der Waals surface area contributed by atoms with Gasteiger partial charge in [-0.05, 0) is 37.3 Å². The number of thiazole rings is 1. The van der Waals surface area contributed by atoms with E-state index in [-0.39, 0.29) is 5.91 Å². The molecule has 1 amide bonds. The maximum atomic E-state index is 12.0. The van der Waals surface area contributed by atoms with Gasteiger partial charge >= 0.3 is 0 Å². The second-order valence-electron chi connectivity index (χ2n) is 5.18. The van der Waals surface area contributed by atoms with Crippen LogP contribution in [0.4, 0.5) is 5.69 Å². The fourth-order valence-electron chi connectivity index (χ4n) is 2.22. The van der Waals surface area contributed by atoms with E-state index in [1.807, 2.05) is 55.5 Å². The van der Waals surface area contributed by atoms with Crippen LogP contribution in [0.3, 0.4) is 0 Å². The van der Waals surface area contributed by atoms with Crippen LogP contribution in [-0.4, -0.2) is 29.0 Å². The minimum absolute atomic E-state index is 0.00832. The number of anilines is 1. The molecular formula is C18H18N2O2S2. The zero-order chi connectivity index (χ0) is 16.8. The van der Waals surface area contributed by atoms with E-state index in [2.05, 4.69) is 10.3 Å². The van der Waals surface area contributed by atoms with Crippen molar-refractivity contribution >= 4 is 44.9 Å². The molecule has 6 heteroatoms. The molecule has 1 heterocycles. The van der Waals surface area contributed by atoms with Crippen LogP contribution in [0.25, 0.3) is 10.2 Å². The van der Waals surface area contributed by atoms with E-state index in [1.54, 1.807) is 23.1 Å². The molecular weight excluding hydrogens is 340 g/mol. The molecule has 0 bridgehead atoms. The zero-order valence-electron chi connectivity index (χ0n) is 13.3. The van der Waals surface area contributed by atoms with E-state index in [0.29, 0.717) is 12.4 Å². The molecule has 0 aliphatic heterocycles. The first-order valence-corrected chi connectivity index (χ1v) is 9.60. The third-order valence-corrected chi connectivity index (χ3v) is 5.12. The number of ether oxygens (including phenoxy) is 1. The molecule has 0 spiro atoms. The van der Waals surface area contributed by atoms with Crippen molar-refractivity contribution in [2.45, 2.75) is 6.92 Å². The first-order chi connectivity index (χ1) is 11.7. The summed E-state index contributed by atoms with van der Waals surface area (Å²) in [6.45, 7) is 2.57. The Morgan fingerprint density at radius 1 is 1.25 bits per heavy atom. The first kappa shape index (κ1) is 16.8. The highest BCUT2D eigenvalue weighted by molar-refractivity contribution is 7.99. The van der Waals surface area contributed by atoms with Crippen LogP contribution in [0.15, 0.2) is 48.5 Å². The van der Waals surface area contributed by atoms with Gasteiger partial charge in [0.15, 0.2) is 0 Å². The predicted octanol–water partition coefficient (Wildman–Crippen LogP) is 4.36. The summed E-state index contributed by atoms with van der Waals surface area (Å²) in [5.74, 6) is 2.03. The molecule has 0 radical (unpaired) electrons. The summed E-state index contributed by atoms with van der Waals surface area (Å²) >= 11 is 3.21. The van der Waals surface area contributed by atoms with E-state index in [4.69, 9.17) is 4.74 Å². The lowest BCUT2D eigenvalue weighted by molar-refractivity contribution is -0.113. The Kier molecular flexibility index (Phi) is 5.72. The van der Waals surface area contributed by atoms with Crippen LogP contribution < -0.4 is 10.1 Å². The lowest BCUT2D eigenvalue weighted by Gasteiger charge is -2.07. The first-order valence-electron chi connectivity index (χ1n) is 7.63. The van der Waals surface area contributed by atoms with Gasteiger partial charge in [-0.3, -0.25) is 4.79 Å². The number of nitrogens with zero attached hydrogens (tertiary/aromatic N) is 1. The summed E-state index contributed by atoms with van der Waals surface area (Å²) in [6.07, 6.45) is 0. The summed E-state index contributed by atoms with van der Waals surface area (Å²) in [5.41, 5.74) is 1.72. The maximum Gasteiger partial charge on any atom is 0.234 e. The Morgan fingerprint density at radius 2 is 2.08 bits per heavy atom. The van der Waals surface area contributed by atoms with Crippen molar-refractivity contribution in [2.75, 3.05) is 23.4 Å². The molecule has 0 unspecified atom stereocenters. The van der Waals surface area contributed by atoms with Crippen molar-refractivity contribution in [3.05, 3.63) is 53.5 Å². The topological polar surface area (TPSA) is 51.2 Å². The van der Waals surface area contributed by atoms with Crippen molar-refractivity contribution in [3.8, 4) is 5.75 Å². The van der Waals surface area contributed by atoms with Gasteiger partial charge in [-0.2, -0.15) is 0 Å². The second-order valence-corrected chi connectivity index (χ2v) is 7.52. The standard InChI is InChI=1S/C18H18N2O2S2/c1-13-19-16-11-14(7-8-17(16)24-13)20-18(21)12-23-10-9-22-15-5-3-2-4-6-15/h2-8,11H,9-10,12H2,1H3,(H,20,21). The monoisotopic (exact) mass is 358 g/mol.